The fraction of sp³-hybridized carbons (Fsp3) is 0.273. The molecule has 1 rings (SSSR count). The third-order valence-electron chi connectivity index (χ3n) is 2.08. The van der Waals surface area contributed by atoms with Gasteiger partial charge in [-0.1, -0.05) is 6.07 Å². The van der Waals surface area contributed by atoms with Gasteiger partial charge < -0.3 is 10.4 Å². The molecule has 7 nitrogen and oxygen atoms in total. The molecule has 0 saturated carbocycles. The number of anilines is 1. The van der Waals surface area contributed by atoms with Crippen LogP contribution in [0, 0.1) is 17.0 Å². The van der Waals surface area contributed by atoms with Crippen molar-refractivity contribution in [3.63, 3.8) is 0 Å². The summed E-state index contributed by atoms with van der Waals surface area (Å²) in [5, 5.41) is 21.6. The van der Waals surface area contributed by atoms with E-state index in [4.69, 9.17) is 5.11 Å². The average Bonchev–Trinajstić information content (AvgIpc) is 2.27. The van der Waals surface area contributed by atoms with Gasteiger partial charge in [-0.2, -0.15) is 0 Å². The quantitative estimate of drug-likeness (QED) is 0.607. The van der Waals surface area contributed by atoms with E-state index in [1.54, 1.807) is 13.0 Å². The van der Waals surface area contributed by atoms with Crippen LogP contribution in [-0.4, -0.2) is 33.4 Å². The van der Waals surface area contributed by atoms with E-state index in [-0.39, 0.29) is 22.9 Å². The zero-order valence-corrected chi connectivity index (χ0v) is 10.9. The number of nitro groups is 1. The van der Waals surface area contributed by atoms with Gasteiger partial charge in [0.2, 0.25) is 5.91 Å². The molecule has 1 aromatic carbocycles. The molecule has 1 aromatic rings. The first-order valence-corrected chi connectivity index (χ1v) is 6.40. The second-order valence-corrected chi connectivity index (χ2v) is 4.70. The fourth-order valence-electron chi connectivity index (χ4n) is 1.33. The number of thioether (sulfide) groups is 1. The maximum atomic E-state index is 11.5. The zero-order valence-electron chi connectivity index (χ0n) is 10.1. The number of nitrogens with one attached hydrogen (secondary N) is 1. The van der Waals surface area contributed by atoms with Crippen LogP contribution in [-0.2, 0) is 9.59 Å². The van der Waals surface area contributed by atoms with Gasteiger partial charge in [0, 0.05) is 6.07 Å². The Morgan fingerprint density at radius 1 is 1.42 bits per heavy atom. The first-order chi connectivity index (χ1) is 8.90. The van der Waals surface area contributed by atoms with Gasteiger partial charge >= 0.3 is 5.97 Å². The number of aliphatic carboxylic acids is 1. The lowest BCUT2D eigenvalue weighted by molar-refractivity contribution is -0.383. The second-order valence-electron chi connectivity index (χ2n) is 3.71. The zero-order chi connectivity index (χ0) is 14.4. The van der Waals surface area contributed by atoms with Crippen LogP contribution in [0.5, 0.6) is 0 Å². The normalized spacial score (nSPS) is 9.95. The van der Waals surface area contributed by atoms with Crippen LogP contribution < -0.4 is 5.32 Å². The Labute approximate surface area is 113 Å². The Morgan fingerprint density at radius 3 is 2.68 bits per heavy atom. The van der Waals surface area contributed by atoms with E-state index < -0.39 is 16.8 Å². The summed E-state index contributed by atoms with van der Waals surface area (Å²) in [4.78, 5) is 32.0. The Hall–Kier alpha value is -2.09. The van der Waals surface area contributed by atoms with Gasteiger partial charge in [-0.05, 0) is 18.6 Å². The van der Waals surface area contributed by atoms with E-state index >= 15 is 0 Å². The summed E-state index contributed by atoms with van der Waals surface area (Å²) < 4.78 is 0. The van der Waals surface area contributed by atoms with E-state index in [0.717, 1.165) is 17.3 Å². The molecule has 0 saturated heterocycles. The first kappa shape index (κ1) is 15.0. The molecule has 0 aromatic heterocycles. The number of carboxylic acids is 1. The van der Waals surface area contributed by atoms with Crippen LogP contribution in [0.15, 0.2) is 18.2 Å². The molecule has 0 atom stereocenters. The number of carbonyl (C=O) groups is 2. The Balaban J connectivity index is 2.70. The number of aryl methyl sites for hydroxylation is 1. The minimum Gasteiger partial charge on any atom is -0.481 e. The topological polar surface area (TPSA) is 110 Å². The summed E-state index contributed by atoms with van der Waals surface area (Å²) in [5.41, 5.74) is 0.701. The van der Waals surface area contributed by atoms with Crippen molar-refractivity contribution < 1.29 is 19.6 Å². The highest BCUT2D eigenvalue weighted by molar-refractivity contribution is 8.00. The largest absolute Gasteiger partial charge is 0.481 e. The van der Waals surface area contributed by atoms with Crippen molar-refractivity contribution in [3.05, 3.63) is 33.9 Å². The third-order valence-corrected chi connectivity index (χ3v) is 3.00. The fourth-order valence-corrected chi connectivity index (χ4v) is 1.86. The summed E-state index contributed by atoms with van der Waals surface area (Å²) in [5.74, 6) is -1.75. The van der Waals surface area contributed by atoms with Crippen molar-refractivity contribution in [3.8, 4) is 0 Å². The van der Waals surface area contributed by atoms with Crippen molar-refractivity contribution >= 4 is 35.0 Å². The molecule has 0 fully saturated rings. The van der Waals surface area contributed by atoms with Crippen molar-refractivity contribution in [2.24, 2.45) is 0 Å². The lowest BCUT2D eigenvalue weighted by Gasteiger charge is -2.06. The van der Waals surface area contributed by atoms with E-state index in [1.165, 1.54) is 12.1 Å². The molecule has 0 aliphatic heterocycles. The number of carboxylic acid groups (broad SMARTS) is 1. The summed E-state index contributed by atoms with van der Waals surface area (Å²) in [6.07, 6.45) is 0. The maximum Gasteiger partial charge on any atom is 0.313 e. The highest BCUT2D eigenvalue weighted by Gasteiger charge is 2.15. The van der Waals surface area contributed by atoms with Gasteiger partial charge in [-0.15, -0.1) is 11.8 Å². The van der Waals surface area contributed by atoms with Gasteiger partial charge in [-0.3, -0.25) is 19.7 Å². The monoisotopic (exact) mass is 284 g/mol. The molecule has 102 valence electrons. The molecule has 0 unspecified atom stereocenters. The molecule has 0 heterocycles. The molecule has 8 heteroatoms. The van der Waals surface area contributed by atoms with E-state index in [0.29, 0.717) is 0 Å². The van der Waals surface area contributed by atoms with E-state index in [1.807, 2.05) is 0 Å². The molecule has 0 aliphatic carbocycles. The molecule has 0 radical (unpaired) electrons. The lowest BCUT2D eigenvalue weighted by Crippen LogP contribution is -2.16. The Bertz CT molecular complexity index is 518. The smallest absolute Gasteiger partial charge is 0.313 e. The molecule has 0 aliphatic rings. The maximum absolute atomic E-state index is 11.5. The predicted octanol–water partition coefficient (Wildman–Crippen LogP) is 1.66. The van der Waals surface area contributed by atoms with Gasteiger partial charge in [0.05, 0.1) is 16.4 Å². The number of amides is 1. The predicted molar refractivity (Wildman–Crippen MR) is 71.4 cm³/mol. The Morgan fingerprint density at radius 2 is 2.11 bits per heavy atom. The number of hydrogen-bond donors (Lipinski definition) is 2. The summed E-state index contributed by atoms with van der Waals surface area (Å²) in [7, 11) is 0. The average molecular weight is 284 g/mol. The van der Waals surface area contributed by atoms with Crippen LogP contribution in [0.3, 0.4) is 0 Å². The molecular formula is C11H12N2O5S. The summed E-state index contributed by atoms with van der Waals surface area (Å²) in [6, 6.07) is 4.39. The number of rotatable bonds is 6. The molecular weight excluding hydrogens is 272 g/mol. The summed E-state index contributed by atoms with van der Waals surface area (Å²) in [6.45, 7) is 1.75. The van der Waals surface area contributed by atoms with Crippen LogP contribution in [0.4, 0.5) is 11.4 Å². The van der Waals surface area contributed by atoms with Gasteiger partial charge in [0.15, 0.2) is 0 Å². The first-order valence-electron chi connectivity index (χ1n) is 5.24. The van der Waals surface area contributed by atoms with Gasteiger partial charge in [-0.25, -0.2) is 0 Å². The van der Waals surface area contributed by atoms with E-state index in [9.17, 15) is 19.7 Å². The van der Waals surface area contributed by atoms with Crippen molar-refractivity contribution in [1.82, 2.24) is 0 Å². The lowest BCUT2D eigenvalue weighted by atomic mass is 10.2. The van der Waals surface area contributed by atoms with Crippen LogP contribution in [0.2, 0.25) is 0 Å². The molecule has 1 amide bonds. The molecule has 0 spiro atoms. The molecule has 19 heavy (non-hydrogen) atoms. The molecule has 2 N–H and O–H groups in total. The van der Waals surface area contributed by atoms with Crippen molar-refractivity contribution in [2.45, 2.75) is 6.92 Å². The second kappa shape index (κ2) is 6.74. The highest BCUT2D eigenvalue weighted by atomic mass is 32.2. The third kappa shape index (κ3) is 4.96. The number of hydrogen-bond acceptors (Lipinski definition) is 5. The number of nitro benzene ring substituents is 1. The molecule has 0 bridgehead atoms. The number of benzene rings is 1. The van der Waals surface area contributed by atoms with Gasteiger partial charge in [0.25, 0.3) is 5.69 Å². The SMILES string of the molecule is Cc1ccc([N+](=O)[O-])c(NC(=O)CSCC(=O)O)c1. The van der Waals surface area contributed by atoms with Crippen LogP contribution in [0.25, 0.3) is 0 Å². The Kier molecular flexibility index (Phi) is 5.31. The van der Waals surface area contributed by atoms with Crippen molar-refractivity contribution in [1.29, 1.82) is 0 Å². The number of carbonyl (C=O) groups excluding carboxylic acids is 1. The minimum absolute atomic E-state index is 0.0720. The van der Waals surface area contributed by atoms with E-state index in [2.05, 4.69) is 5.32 Å². The standard InChI is InChI=1S/C11H12N2O5S/c1-7-2-3-9(13(17)18)8(4-7)12-10(14)5-19-6-11(15)16/h2-4H,5-6H2,1H3,(H,12,14)(H,15,16). The number of nitrogens with zero attached hydrogens (tertiary/aromatic N) is 1. The van der Waals surface area contributed by atoms with Crippen LogP contribution >= 0.6 is 11.8 Å². The highest BCUT2D eigenvalue weighted by Crippen LogP contribution is 2.25. The van der Waals surface area contributed by atoms with Crippen molar-refractivity contribution in [2.75, 3.05) is 16.8 Å². The minimum atomic E-state index is -1.01. The van der Waals surface area contributed by atoms with Gasteiger partial charge in [0.1, 0.15) is 5.69 Å². The van der Waals surface area contributed by atoms with Crippen LogP contribution in [0.1, 0.15) is 5.56 Å². The summed E-state index contributed by atoms with van der Waals surface area (Å²) >= 11 is 0.926.